The van der Waals surface area contributed by atoms with Crippen LogP contribution in [-0.2, 0) is 11.3 Å². The summed E-state index contributed by atoms with van der Waals surface area (Å²) in [6.45, 7) is 5.88. The number of anilines is 1. The third-order valence-electron chi connectivity index (χ3n) is 4.14. The van der Waals surface area contributed by atoms with Crippen molar-refractivity contribution in [1.82, 2.24) is 9.78 Å². The van der Waals surface area contributed by atoms with Crippen LogP contribution in [0.15, 0.2) is 0 Å². The maximum atomic E-state index is 11.3. The Morgan fingerprint density at radius 1 is 1.52 bits per heavy atom. The van der Waals surface area contributed by atoms with Gasteiger partial charge in [0.05, 0.1) is 4.92 Å². The molecule has 7 heteroatoms. The van der Waals surface area contributed by atoms with Crippen molar-refractivity contribution >= 4 is 11.5 Å². The van der Waals surface area contributed by atoms with Gasteiger partial charge in [0, 0.05) is 26.8 Å². The molecule has 1 saturated carbocycles. The lowest BCUT2D eigenvalue weighted by Crippen LogP contribution is -2.19. The monoisotopic (exact) mass is 296 g/mol. The number of ether oxygens (including phenoxy) is 1. The van der Waals surface area contributed by atoms with Crippen LogP contribution in [0.3, 0.4) is 0 Å². The average Bonchev–Trinajstić information content (AvgIpc) is 3.13. The Labute approximate surface area is 124 Å². The molecule has 21 heavy (non-hydrogen) atoms. The fourth-order valence-corrected chi connectivity index (χ4v) is 2.62. The van der Waals surface area contributed by atoms with Crippen LogP contribution < -0.4 is 5.32 Å². The van der Waals surface area contributed by atoms with Crippen LogP contribution in [0.2, 0.25) is 0 Å². The molecule has 7 nitrogen and oxygen atoms in total. The van der Waals surface area contributed by atoms with Gasteiger partial charge in [-0.3, -0.25) is 10.1 Å². The van der Waals surface area contributed by atoms with Gasteiger partial charge < -0.3 is 10.1 Å². The number of nitrogens with one attached hydrogen (secondary N) is 1. The van der Waals surface area contributed by atoms with Gasteiger partial charge in [0.1, 0.15) is 5.69 Å². The highest BCUT2D eigenvalue weighted by Crippen LogP contribution is 2.49. The number of nitro groups is 1. The quantitative estimate of drug-likeness (QED) is 0.559. The maximum Gasteiger partial charge on any atom is 0.333 e. The van der Waals surface area contributed by atoms with Crippen LogP contribution >= 0.6 is 0 Å². The van der Waals surface area contributed by atoms with E-state index in [1.54, 1.807) is 18.7 Å². The minimum atomic E-state index is -0.342. The number of nitrogens with zero attached hydrogens (tertiary/aromatic N) is 3. The third-order valence-corrected chi connectivity index (χ3v) is 4.14. The van der Waals surface area contributed by atoms with Gasteiger partial charge in [0.25, 0.3) is 0 Å². The van der Waals surface area contributed by atoms with E-state index in [9.17, 15) is 10.1 Å². The van der Waals surface area contributed by atoms with Crippen LogP contribution in [0, 0.1) is 22.5 Å². The molecule has 1 aromatic heterocycles. The lowest BCUT2D eigenvalue weighted by molar-refractivity contribution is -0.384. The molecule has 0 unspecified atom stereocenters. The molecule has 1 aliphatic rings. The molecular formula is C14H24N4O3. The number of methoxy groups -OCH3 is 1. The number of hydrogen-bond donors (Lipinski definition) is 1. The topological polar surface area (TPSA) is 82.2 Å². The normalized spacial score (nSPS) is 16.0. The highest BCUT2D eigenvalue weighted by molar-refractivity contribution is 5.59. The van der Waals surface area contributed by atoms with Gasteiger partial charge in [0.2, 0.25) is 5.82 Å². The van der Waals surface area contributed by atoms with Gasteiger partial charge in [-0.2, -0.15) is 5.10 Å². The van der Waals surface area contributed by atoms with E-state index >= 15 is 0 Å². The van der Waals surface area contributed by atoms with Crippen LogP contribution in [-0.4, -0.2) is 35.0 Å². The zero-order valence-electron chi connectivity index (χ0n) is 13.0. The molecule has 118 valence electrons. The van der Waals surface area contributed by atoms with Crippen molar-refractivity contribution in [3.63, 3.8) is 0 Å². The SMILES string of the molecule is CCCn1nc(C)c([N+](=O)[O-])c1NCC1(CCOC)CC1. The number of aromatic nitrogens is 2. The first-order valence-electron chi connectivity index (χ1n) is 7.47. The first-order valence-corrected chi connectivity index (χ1v) is 7.47. The van der Waals surface area contributed by atoms with Crippen molar-refractivity contribution in [2.24, 2.45) is 5.41 Å². The van der Waals surface area contributed by atoms with E-state index in [2.05, 4.69) is 10.4 Å². The molecule has 0 amide bonds. The summed E-state index contributed by atoms with van der Waals surface area (Å²) in [6.07, 6.45) is 4.18. The van der Waals surface area contributed by atoms with Crippen molar-refractivity contribution in [3.05, 3.63) is 15.8 Å². The molecule has 1 aliphatic carbocycles. The minimum absolute atomic E-state index is 0.103. The second-order valence-electron chi connectivity index (χ2n) is 5.86. The van der Waals surface area contributed by atoms with Gasteiger partial charge in [0.15, 0.2) is 0 Å². The molecule has 1 aromatic rings. The Morgan fingerprint density at radius 2 is 2.24 bits per heavy atom. The van der Waals surface area contributed by atoms with Crippen molar-refractivity contribution in [2.45, 2.75) is 46.1 Å². The van der Waals surface area contributed by atoms with Gasteiger partial charge in [-0.05, 0) is 38.0 Å². The number of aryl methyl sites for hydroxylation is 2. The van der Waals surface area contributed by atoms with Crippen molar-refractivity contribution in [2.75, 3.05) is 25.6 Å². The maximum absolute atomic E-state index is 11.3. The summed E-state index contributed by atoms with van der Waals surface area (Å²) in [5, 5.41) is 18.8. The number of hydrogen-bond acceptors (Lipinski definition) is 5. The molecule has 0 bridgehead atoms. The molecule has 0 radical (unpaired) electrons. The van der Waals surface area contributed by atoms with Crippen LogP contribution in [0.5, 0.6) is 0 Å². The van der Waals surface area contributed by atoms with Gasteiger partial charge >= 0.3 is 5.69 Å². The Hall–Kier alpha value is -1.63. The molecule has 2 rings (SSSR count). The Bertz CT molecular complexity index is 509. The zero-order chi connectivity index (χ0) is 15.5. The van der Waals surface area contributed by atoms with E-state index in [-0.39, 0.29) is 16.0 Å². The summed E-state index contributed by atoms with van der Waals surface area (Å²) in [4.78, 5) is 10.9. The lowest BCUT2D eigenvalue weighted by atomic mass is 10.0. The predicted molar refractivity (Wildman–Crippen MR) is 80.6 cm³/mol. The van der Waals surface area contributed by atoms with E-state index < -0.39 is 0 Å². The molecular weight excluding hydrogens is 272 g/mol. The van der Waals surface area contributed by atoms with Crippen molar-refractivity contribution in [3.8, 4) is 0 Å². The fraction of sp³-hybridized carbons (Fsp3) is 0.786. The first-order chi connectivity index (χ1) is 10.0. The standard InChI is InChI=1S/C14H24N4O3/c1-4-8-17-13(12(18(19)20)11(2)16-17)15-10-14(5-6-14)7-9-21-3/h15H,4-10H2,1-3H3. The van der Waals surface area contributed by atoms with Gasteiger partial charge in [-0.25, -0.2) is 4.68 Å². The lowest BCUT2D eigenvalue weighted by Gasteiger charge is -2.16. The van der Waals surface area contributed by atoms with E-state index in [1.807, 2.05) is 6.92 Å². The summed E-state index contributed by atoms with van der Waals surface area (Å²) < 4.78 is 6.87. The Morgan fingerprint density at radius 3 is 2.76 bits per heavy atom. The predicted octanol–water partition coefficient (Wildman–Crippen LogP) is 2.74. The molecule has 1 fully saturated rings. The second-order valence-corrected chi connectivity index (χ2v) is 5.86. The molecule has 0 aliphatic heterocycles. The molecule has 0 saturated heterocycles. The van der Waals surface area contributed by atoms with E-state index in [1.165, 1.54) is 0 Å². The second kappa shape index (κ2) is 6.43. The highest BCUT2D eigenvalue weighted by Gasteiger charge is 2.42. The Kier molecular flexibility index (Phi) is 4.82. The molecule has 0 aromatic carbocycles. The highest BCUT2D eigenvalue weighted by atomic mass is 16.6. The summed E-state index contributed by atoms with van der Waals surface area (Å²) in [5.74, 6) is 0.544. The molecule has 1 heterocycles. The van der Waals surface area contributed by atoms with Crippen molar-refractivity contribution < 1.29 is 9.66 Å². The zero-order valence-corrected chi connectivity index (χ0v) is 13.0. The molecule has 0 atom stereocenters. The average molecular weight is 296 g/mol. The van der Waals surface area contributed by atoms with Crippen LogP contribution in [0.1, 0.15) is 38.3 Å². The molecule has 1 N–H and O–H groups in total. The van der Waals surface area contributed by atoms with Crippen LogP contribution in [0.4, 0.5) is 11.5 Å². The summed E-state index contributed by atoms with van der Waals surface area (Å²) in [5.41, 5.74) is 0.808. The summed E-state index contributed by atoms with van der Waals surface area (Å²) in [7, 11) is 1.70. The van der Waals surface area contributed by atoms with E-state index in [0.717, 1.165) is 38.8 Å². The summed E-state index contributed by atoms with van der Waals surface area (Å²) in [6, 6.07) is 0. The minimum Gasteiger partial charge on any atom is -0.385 e. The third kappa shape index (κ3) is 3.53. The van der Waals surface area contributed by atoms with Gasteiger partial charge in [-0.15, -0.1) is 0 Å². The molecule has 0 spiro atoms. The number of rotatable bonds is 9. The largest absolute Gasteiger partial charge is 0.385 e. The van der Waals surface area contributed by atoms with E-state index in [0.29, 0.717) is 18.1 Å². The van der Waals surface area contributed by atoms with Crippen molar-refractivity contribution in [1.29, 1.82) is 0 Å². The first kappa shape index (κ1) is 15.8. The summed E-state index contributed by atoms with van der Waals surface area (Å²) >= 11 is 0. The van der Waals surface area contributed by atoms with E-state index in [4.69, 9.17) is 4.74 Å². The van der Waals surface area contributed by atoms with Gasteiger partial charge in [-0.1, -0.05) is 6.92 Å². The fourth-order valence-electron chi connectivity index (χ4n) is 2.62. The smallest absolute Gasteiger partial charge is 0.333 e. The Balaban J connectivity index is 2.12. The van der Waals surface area contributed by atoms with Crippen LogP contribution in [0.25, 0.3) is 0 Å².